The van der Waals surface area contributed by atoms with Crippen molar-refractivity contribution in [1.82, 2.24) is 0 Å². The number of aldehydes is 1. The minimum absolute atomic E-state index is 0.398. The molecular formula is C13H18O4. The van der Waals surface area contributed by atoms with Gasteiger partial charge in [0.1, 0.15) is 6.29 Å². The second kappa shape index (κ2) is 6.13. The average molecular weight is 238 g/mol. The van der Waals surface area contributed by atoms with E-state index in [0.29, 0.717) is 35.3 Å². The molecule has 0 atom stereocenters. The van der Waals surface area contributed by atoms with Crippen molar-refractivity contribution in [3.63, 3.8) is 0 Å². The van der Waals surface area contributed by atoms with Crippen LogP contribution >= 0.6 is 0 Å². The summed E-state index contributed by atoms with van der Waals surface area (Å²) in [6, 6.07) is 3.26. The van der Waals surface area contributed by atoms with Gasteiger partial charge in [0.2, 0.25) is 5.75 Å². The van der Waals surface area contributed by atoms with Gasteiger partial charge < -0.3 is 14.2 Å². The summed E-state index contributed by atoms with van der Waals surface area (Å²) >= 11 is 0. The smallest absolute Gasteiger partial charge is 0.203 e. The third-order valence-corrected chi connectivity index (χ3v) is 2.18. The van der Waals surface area contributed by atoms with Crippen molar-refractivity contribution < 1.29 is 19.0 Å². The fourth-order valence-corrected chi connectivity index (χ4v) is 1.36. The molecule has 4 nitrogen and oxygen atoms in total. The minimum Gasteiger partial charge on any atom is -0.493 e. The van der Waals surface area contributed by atoms with E-state index in [-0.39, 0.29) is 0 Å². The highest BCUT2D eigenvalue weighted by molar-refractivity contribution is 5.78. The molecule has 1 aromatic rings. The first-order chi connectivity index (χ1) is 8.12. The second-order valence-corrected chi connectivity index (χ2v) is 4.08. The van der Waals surface area contributed by atoms with Crippen molar-refractivity contribution in [2.45, 2.75) is 13.8 Å². The summed E-state index contributed by atoms with van der Waals surface area (Å²) in [5.74, 6) is 1.95. The first-order valence-electron chi connectivity index (χ1n) is 5.46. The van der Waals surface area contributed by atoms with E-state index in [2.05, 4.69) is 13.8 Å². The SMILES string of the molecule is COc1cc(C=O)cc(OC)c1OCC(C)C. The summed E-state index contributed by atoms with van der Waals surface area (Å²) in [6.45, 7) is 4.67. The van der Waals surface area contributed by atoms with Crippen LogP contribution in [0.1, 0.15) is 24.2 Å². The molecule has 94 valence electrons. The topological polar surface area (TPSA) is 44.8 Å². The molecule has 0 bridgehead atoms. The van der Waals surface area contributed by atoms with Crippen LogP contribution in [0.2, 0.25) is 0 Å². The Balaban J connectivity index is 3.10. The lowest BCUT2D eigenvalue weighted by molar-refractivity contribution is 0.112. The van der Waals surface area contributed by atoms with Crippen molar-refractivity contribution in [1.29, 1.82) is 0 Å². The third-order valence-electron chi connectivity index (χ3n) is 2.18. The zero-order valence-corrected chi connectivity index (χ0v) is 10.6. The van der Waals surface area contributed by atoms with Crippen LogP contribution in [0.15, 0.2) is 12.1 Å². The Hall–Kier alpha value is -1.71. The summed E-state index contributed by atoms with van der Waals surface area (Å²) in [5, 5.41) is 0. The van der Waals surface area contributed by atoms with E-state index in [0.717, 1.165) is 6.29 Å². The van der Waals surface area contributed by atoms with Gasteiger partial charge >= 0.3 is 0 Å². The molecule has 0 N–H and O–H groups in total. The Morgan fingerprint density at radius 2 is 1.71 bits per heavy atom. The average Bonchev–Trinajstić information content (AvgIpc) is 2.34. The van der Waals surface area contributed by atoms with Gasteiger partial charge in [-0.1, -0.05) is 13.8 Å². The molecule has 0 aliphatic heterocycles. The predicted molar refractivity (Wildman–Crippen MR) is 65.3 cm³/mol. The van der Waals surface area contributed by atoms with Gasteiger partial charge in [0.25, 0.3) is 0 Å². The quantitative estimate of drug-likeness (QED) is 0.714. The van der Waals surface area contributed by atoms with Gasteiger partial charge in [0.15, 0.2) is 11.5 Å². The zero-order valence-electron chi connectivity index (χ0n) is 10.6. The lowest BCUT2D eigenvalue weighted by atomic mass is 10.2. The third kappa shape index (κ3) is 3.37. The van der Waals surface area contributed by atoms with E-state index in [4.69, 9.17) is 14.2 Å². The number of hydrogen-bond acceptors (Lipinski definition) is 4. The van der Waals surface area contributed by atoms with Gasteiger partial charge in [-0.15, -0.1) is 0 Å². The molecule has 0 saturated heterocycles. The predicted octanol–water partition coefficient (Wildman–Crippen LogP) is 2.55. The van der Waals surface area contributed by atoms with E-state index in [1.165, 1.54) is 14.2 Å². The van der Waals surface area contributed by atoms with Crippen molar-refractivity contribution >= 4 is 6.29 Å². The zero-order chi connectivity index (χ0) is 12.8. The summed E-state index contributed by atoms with van der Waals surface area (Å²) in [7, 11) is 3.07. The fourth-order valence-electron chi connectivity index (χ4n) is 1.36. The van der Waals surface area contributed by atoms with E-state index in [9.17, 15) is 4.79 Å². The number of benzene rings is 1. The molecule has 0 aliphatic rings. The molecule has 17 heavy (non-hydrogen) atoms. The Labute approximate surface area is 101 Å². The number of carbonyl (C=O) groups excluding carboxylic acids is 1. The number of rotatable bonds is 6. The van der Waals surface area contributed by atoms with Crippen LogP contribution < -0.4 is 14.2 Å². The molecule has 0 unspecified atom stereocenters. The first-order valence-corrected chi connectivity index (χ1v) is 5.46. The molecule has 0 fully saturated rings. The van der Waals surface area contributed by atoms with Crippen LogP contribution in [0.3, 0.4) is 0 Å². The van der Waals surface area contributed by atoms with E-state index in [1.807, 2.05) is 0 Å². The maximum Gasteiger partial charge on any atom is 0.203 e. The van der Waals surface area contributed by atoms with Crippen LogP contribution in [0.4, 0.5) is 0 Å². The summed E-state index contributed by atoms with van der Waals surface area (Å²) in [6.07, 6.45) is 0.747. The minimum atomic E-state index is 0.398. The van der Waals surface area contributed by atoms with Gasteiger partial charge in [0.05, 0.1) is 20.8 Å². The Morgan fingerprint density at radius 3 is 2.06 bits per heavy atom. The second-order valence-electron chi connectivity index (χ2n) is 4.08. The van der Waals surface area contributed by atoms with Crippen LogP contribution in [-0.4, -0.2) is 27.1 Å². The summed E-state index contributed by atoms with van der Waals surface area (Å²) in [5.41, 5.74) is 0.496. The van der Waals surface area contributed by atoms with Crippen molar-refractivity contribution in [2.75, 3.05) is 20.8 Å². The highest BCUT2D eigenvalue weighted by Gasteiger charge is 2.14. The molecule has 0 saturated carbocycles. The number of ether oxygens (including phenoxy) is 3. The largest absolute Gasteiger partial charge is 0.493 e. The highest BCUT2D eigenvalue weighted by Crippen LogP contribution is 2.38. The van der Waals surface area contributed by atoms with Gasteiger partial charge in [-0.3, -0.25) is 4.79 Å². The normalized spacial score (nSPS) is 10.2. The Kier molecular flexibility index (Phi) is 4.82. The lowest BCUT2D eigenvalue weighted by Gasteiger charge is -2.16. The fraction of sp³-hybridized carbons (Fsp3) is 0.462. The monoisotopic (exact) mass is 238 g/mol. The molecule has 1 aromatic carbocycles. The van der Waals surface area contributed by atoms with E-state index < -0.39 is 0 Å². The molecule has 0 radical (unpaired) electrons. The highest BCUT2D eigenvalue weighted by atomic mass is 16.5. The van der Waals surface area contributed by atoms with Gasteiger partial charge in [-0.05, 0) is 18.1 Å². The Bertz CT molecular complexity index is 360. The molecule has 0 spiro atoms. The molecule has 0 aromatic heterocycles. The lowest BCUT2D eigenvalue weighted by Crippen LogP contribution is -2.07. The van der Waals surface area contributed by atoms with Crippen LogP contribution in [0, 0.1) is 5.92 Å². The van der Waals surface area contributed by atoms with Crippen molar-refractivity contribution in [3.05, 3.63) is 17.7 Å². The van der Waals surface area contributed by atoms with Crippen molar-refractivity contribution in [2.24, 2.45) is 5.92 Å². The standard InChI is InChI=1S/C13H18O4/c1-9(2)8-17-13-11(15-3)5-10(7-14)6-12(13)16-4/h5-7,9H,8H2,1-4H3. The number of hydrogen-bond donors (Lipinski definition) is 0. The van der Waals surface area contributed by atoms with E-state index >= 15 is 0 Å². The van der Waals surface area contributed by atoms with Crippen molar-refractivity contribution in [3.8, 4) is 17.2 Å². The first kappa shape index (κ1) is 13.4. The van der Waals surface area contributed by atoms with Gasteiger partial charge in [0, 0.05) is 5.56 Å². The molecule has 0 aliphatic carbocycles. The molecule has 1 rings (SSSR count). The van der Waals surface area contributed by atoms with Crippen LogP contribution in [0.25, 0.3) is 0 Å². The Morgan fingerprint density at radius 1 is 1.18 bits per heavy atom. The van der Waals surface area contributed by atoms with Gasteiger partial charge in [-0.25, -0.2) is 0 Å². The van der Waals surface area contributed by atoms with Crippen LogP contribution in [-0.2, 0) is 0 Å². The maximum absolute atomic E-state index is 10.8. The van der Waals surface area contributed by atoms with E-state index in [1.54, 1.807) is 12.1 Å². The summed E-state index contributed by atoms with van der Waals surface area (Å²) in [4.78, 5) is 10.8. The number of carbonyl (C=O) groups is 1. The molecule has 4 heteroatoms. The maximum atomic E-state index is 10.8. The van der Waals surface area contributed by atoms with Crippen LogP contribution in [0.5, 0.6) is 17.2 Å². The van der Waals surface area contributed by atoms with Gasteiger partial charge in [-0.2, -0.15) is 0 Å². The molecular weight excluding hydrogens is 220 g/mol. The molecule has 0 amide bonds. The number of methoxy groups -OCH3 is 2. The molecule has 0 heterocycles. The summed E-state index contributed by atoms with van der Waals surface area (Å²) < 4.78 is 16.0.